The third-order valence-corrected chi connectivity index (χ3v) is 5.30. The number of aryl methyl sites for hydroxylation is 1. The molecular formula is C26H24N2O. The number of aromatic nitrogens is 2. The molecule has 0 aliphatic carbocycles. The van der Waals surface area contributed by atoms with Crippen LogP contribution in [0.5, 0.6) is 0 Å². The van der Waals surface area contributed by atoms with Crippen molar-refractivity contribution < 1.29 is 4.79 Å². The van der Waals surface area contributed by atoms with Crippen molar-refractivity contribution in [2.75, 3.05) is 0 Å². The predicted molar refractivity (Wildman–Crippen MR) is 118 cm³/mol. The molecule has 0 bridgehead atoms. The lowest BCUT2D eigenvalue weighted by Gasteiger charge is -2.12. The van der Waals surface area contributed by atoms with E-state index in [1.807, 2.05) is 55.7 Å². The number of rotatable bonds is 6. The Morgan fingerprint density at radius 3 is 2.52 bits per heavy atom. The Balaban J connectivity index is 1.41. The van der Waals surface area contributed by atoms with Crippen molar-refractivity contribution in [2.45, 2.75) is 32.6 Å². The first-order chi connectivity index (χ1) is 14.1. The van der Waals surface area contributed by atoms with E-state index < -0.39 is 0 Å². The summed E-state index contributed by atoms with van der Waals surface area (Å²) in [5, 5.41) is 1.12. The van der Waals surface area contributed by atoms with E-state index in [1.165, 1.54) is 0 Å². The van der Waals surface area contributed by atoms with Crippen molar-refractivity contribution in [3.63, 3.8) is 0 Å². The highest BCUT2D eigenvalue weighted by molar-refractivity contribution is 5.82. The zero-order valence-electron chi connectivity index (χ0n) is 16.8. The summed E-state index contributed by atoms with van der Waals surface area (Å²) < 4.78 is 0. The lowest BCUT2D eigenvalue weighted by molar-refractivity contribution is -0.118. The van der Waals surface area contributed by atoms with Gasteiger partial charge in [0, 0.05) is 36.3 Å². The van der Waals surface area contributed by atoms with Crippen LogP contribution in [0.1, 0.15) is 36.1 Å². The molecule has 0 N–H and O–H groups in total. The van der Waals surface area contributed by atoms with E-state index in [2.05, 4.69) is 47.2 Å². The first kappa shape index (κ1) is 19.0. The van der Waals surface area contributed by atoms with E-state index in [9.17, 15) is 4.79 Å². The molecule has 1 atom stereocenters. The molecule has 0 saturated carbocycles. The Morgan fingerprint density at radius 1 is 0.931 bits per heavy atom. The number of carbonyl (C=O) groups is 1. The average molecular weight is 380 g/mol. The molecule has 0 aliphatic rings. The molecule has 0 radical (unpaired) electrons. The highest BCUT2D eigenvalue weighted by Gasteiger charge is 2.13. The van der Waals surface area contributed by atoms with Crippen LogP contribution in [0, 0.1) is 6.92 Å². The normalized spacial score (nSPS) is 12.1. The maximum Gasteiger partial charge on any atom is 0.137 e. The Morgan fingerprint density at radius 2 is 1.72 bits per heavy atom. The average Bonchev–Trinajstić information content (AvgIpc) is 2.74. The molecule has 29 heavy (non-hydrogen) atoms. The van der Waals surface area contributed by atoms with Gasteiger partial charge in [-0.25, -0.2) is 0 Å². The van der Waals surface area contributed by atoms with Gasteiger partial charge in [0.15, 0.2) is 0 Å². The Hall–Kier alpha value is -3.33. The zero-order valence-corrected chi connectivity index (χ0v) is 16.8. The van der Waals surface area contributed by atoms with Gasteiger partial charge in [0.25, 0.3) is 0 Å². The molecule has 3 heteroatoms. The first-order valence-electron chi connectivity index (χ1n) is 9.97. The number of para-hydroxylation sites is 1. The highest BCUT2D eigenvalue weighted by atomic mass is 16.1. The van der Waals surface area contributed by atoms with Crippen molar-refractivity contribution in [1.82, 2.24) is 9.97 Å². The minimum absolute atomic E-state index is 0.152. The molecule has 3 nitrogen and oxygen atoms in total. The fourth-order valence-corrected chi connectivity index (χ4v) is 3.66. The SMILES string of the molecule is Cc1cc(-c2ccc(CC(=O)C[C@@H](C)c3cnc4ccccc4c3)cc2)ccn1. The number of carbonyl (C=O) groups excluding carboxylic acids is 1. The molecule has 4 rings (SSSR count). The fourth-order valence-electron chi connectivity index (χ4n) is 3.66. The summed E-state index contributed by atoms with van der Waals surface area (Å²) in [6.45, 7) is 4.08. The van der Waals surface area contributed by atoms with Crippen LogP contribution < -0.4 is 0 Å². The molecule has 0 saturated heterocycles. The number of Topliss-reactive ketones (excluding diaryl/α,β-unsaturated/α-hetero) is 1. The quantitative estimate of drug-likeness (QED) is 0.417. The van der Waals surface area contributed by atoms with Gasteiger partial charge in [-0.3, -0.25) is 14.8 Å². The summed E-state index contributed by atoms with van der Waals surface area (Å²) in [4.78, 5) is 21.4. The molecule has 0 fully saturated rings. The molecule has 0 unspecified atom stereocenters. The van der Waals surface area contributed by atoms with Gasteiger partial charge in [0.2, 0.25) is 0 Å². The monoisotopic (exact) mass is 380 g/mol. The van der Waals surface area contributed by atoms with E-state index in [1.54, 1.807) is 0 Å². The van der Waals surface area contributed by atoms with E-state index in [0.29, 0.717) is 12.8 Å². The lowest BCUT2D eigenvalue weighted by Crippen LogP contribution is -2.08. The van der Waals surface area contributed by atoms with Gasteiger partial charge in [-0.2, -0.15) is 0 Å². The van der Waals surface area contributed by atoms with E-state index >= 15 is 0 Å². The van der Waals surface area contributed by atoms with Crippen LogP contribution in [0.15, 0.2) is 79.1 Å². The van der Waals surface area contributed by atoms with Gasteiger partial charge in [-0.05, 0) is 59.4 Å². The van der Waals surface area contributed by atoms with Crippen molar-refractivity contribution in [2.24, 2.45) is 0 Å². The smallest absolute Gasteiger partial charge is 0.137 e. The van der Waals surface area contributed by atoms with Crippen LogP contribution in [0.2, 0.25) is 0 Å². The molecular weight excluding hydrogens is 356 g/mol. The fraction of sp³-hybridized carbons (Fsp3) is 0.192. The van der Waals surface area contributed by atoms with Crippen molar-refractivity contribution in [3.8, 4) is 11.1 Å². The third-order valence-electron chi connectivity index (χ3n) is 5.30. The number of pyridine rings is 2. The summed E-state index contributed by atoms with van der Waals surface area (Å²) in [7, 11) is 0. The summed E-state index contributed by atoms with van der Waals surface area (Å²) in [6, 6.07) is 22.5. The molecule has 0 spiro atoms. The van der Waals surface area contributed by atoms with Crippen LogP contribution >= 0.6 is 0 Å². The molecule has 144 valence electrons. The molecule has 2 aromatic heterocycles. The predicted octanol–water partition coefficient (Wildman–Crippen LogP) is 5.91. The third kappa shape index (κ3) is 4.57. The number of ketones is 1. The second-order valence-corrected chi connectivity index (χ2v) is 7.66. The number of hydrogen-bond donors (Lipinski definition) is 0. The van der Waals surface area contributed by atoms with Crippen LogP contribution in [0.25, 0.3) is 22.0 Å². The van der Waals surface area contributed by atoms with Gasteiger partial charge in [-0.15, -0.1) is 0 Å². The number of fused-ring (bicyclic) bond motifs is 1. The summed E-state index contributed by atoms with van der Waals surface area (Å²) >= 11 is 0. The molecule has 4 aromatic rings. The van der Waals surface area contributed by atoms with E-state index in [-0.39, 0.29) is 11.7 Å². The van der Waals surface area contributed by atoms with Gasteiger partial charge in [0.1, 0.15) is 5.78 Å². The van der Waals surface area contributed by atoms with Gasteiger partial charge in [-0.1, -0.05) is 49.4 Å². The second kappa shape index (κ2) is 8.36. The maximum absolute atomic E-state index is 12.6. The Labute approximate surface area is 171 Å². The highest BCUT2D eigenvalue weighted by Crippen LogP contribution is 2.24. The molecule has 2 heterocycles. The second-order valence-electron chi connectivity index (χ2n) is 7.66. The summed E-state index contributed by atoms with van der Waals surface area (Å²) in [5.41, 5.74) is 6.43. The Bertz CT molecular complexity index is 1150. The van der Waals surface area contributed by atoms with Crippen LogP contribution in [0.3, 0.4) is 0 Å². The number of hydrogen-bond acceptors (Lipinski definition) is 3. The lowest BCUT2D eigenvalue weighted by atomic mass is 9.93. The van der Waals surface area contributed by atoms with Gasteiger partial charge >= 0.3 is 0 Å². The summed E-state index contributed by atoms with van der Waals surface area (Å²) in [6.07, 6.45) is 4.70. The van der Waals surface area contributed by atoms with Gasteiger partial charge in [0.05, 0.1) is 5.52 Å². The largest absolute Gasteiger partial charge is 0.299 e. The van der Waals surface area contributed by atoms with Crippen molar-refractivity contribution in [3.05, 3.63) is 95.9 Å². The maximum atomic E-state index is 12.6. The van der Waals surface area contributed by atoms with Crippen molar-refractivity contribution in [1.29, 1.82) is 0 Å². The minimum Gasteiger partial charge on any atom is -0.299 e. The Kier molecular flexibility index (Phi) is 5.48. The molecule has 0 amide bonds. The van der Waals surface area contributed by atoms with E-state index in [4.69, 9.17) is 0 Å². The number of benzene rings is 2. The molecule has 0 aliphatic heterocycles. The van der Waals surface area contributed by atoms with Gasteiger partial charge < -0.3 is 0 Å². The summed E-state index contributed by atoms with van der Waals surface area (Å²) in [5.74, 6) is 0.400. The zero-order chi connectivity index (χ0) is 20.2. The van der Waals surface area contributed by atoms with Crippen molar-refractivity contribution >= 4 is 16.7 Å². The molecule has 2 aromatic carbocycles. The minimum atomic E-state index is 0.152. The number of nitrogens with zero attached hydrogens (tertiary/aromatic N) is 2. The van der Waals surface area contributed by atoms with Crippen LogP contribution in [0.4, 0.5) is 0 Å². The van der Waals surface area contributed by atoms with Crippen LogP contribution in [-0.4, -0.2) is 15.8 Å². The topological polar surface area (TPSA) is 42.9 Å². The van der Waals surface area contributed by atoms with E-state index in [0.717, 1.165) is 38.9 Å². The standard InChI is InChI=1S/C26H24N2O/c1-18(24-16-23-5-3-4-6-26(23)28-17-24)13-25(29)15-20-7-9-21(10-8-20)22-11-12-27-19(2)14-22/h3-12,14,16-18H,13,15H2,1-2H3/t18-/m1/s1. The van der Waals surface area contributed by atoms with Crippen LogP contribution in [-0.2, 0) is 11.2 Å². The first-order valence-corrected chi connectivity index (χ1v) is 9.97.